The third-order valence-electron chi connectivity index (χ3n) is 4.45. The second-order valence-corrected chi connectivity index (χ2v) is 5.78. The highest BCUT2D eigenvalue weighted by atomic mass is 16.3. The molecule has 0 bridgehead atoms. The average molecular weight is 279 g/mol. The summed E-state index contributed by atoms with van der Waals surface area (Å²) in [4.78, 5) is 12.0. The van der Waals surface area contributed by atoms with E-state index in [9.17, 15) is 9.90 Å². The highest BCUT2D eigenvalue weighted by Gasteiger charge is 2.25. The van der Waals surface area contributed by atoms with Crippen LogP contribution in [0.2, 0.25) is 0 Å². The number of aliphatic hydroxyl groups excluding tert-OH is 1. The second kappa shape index (κ2) is 6.88. The fraction of sp³-hybridized carbons (Fsp3) is 0.733. The first-order valence-corrected chi connectivity index (χ1v) is 7.49. The smallest absolute Gasteiger partial charge is 0.220 e. The van der Waals surface area contributed by atoms with E-state index in [1.54, 1.807) is 0 Å². The molecule has 5 nitrogen and oxygen atoms in total. The van der Waals surface area contributed by atoms with Gasteiger partial charge in [0, 0.05) is 37.7 Å². The minimum Gasteiger partial charge on any atom is -0.396 e. The van der Waals surface area contributed by atoms with Crippen molar-refractivity contribution in [3.05, 3.63) is 17.5 Å². The van der Waals surface area contributed by atoms with Crippen molar-refractivity contribution in [3.8, 4) is 0 Å². The fourth-order valence-electron chi connectivity index (χ4n) is 2.93. The van der Waals surface area contributed by atoms with E-state index in [-0.39, 0.29) is 24.5 Å². The zero-order valence-electron chi connectivity index (χ0n) is 12.4. The number of carbonyl (C=O) groups excluding carboxylic acids is 1. The highest BCUT2D eigenvalue weighted by Crippen LogP contribution is 2.24. The van der Waals surface area contributed by atoms with Gasteiger partial charge < -0.3 is 10.4 Å². The van der Waals surface area contributed by atoms with Gasteiger partial charge in [0.15, 0.2) is 0 Å². The van der Waals surface area contributed by atoms with E-state index in [0.717, 1.165) is 43.4 Å². The first-order chi connectivity index (χ1) is 9.61. The molecule has 0 aliphatic heterocycles. The molecule has 0 radical (unpaired) electrons. The topological polar surface area (TPSA) is 67.2 Å². The summed E-state index contributed by atoms with van der Waals surface area (Å²) in [6.45, 7) is 2.19. The number of aromatic nitrogens is 2. The Hall–Kier alpha value is -1.36. The molecular formula is C15H25N3O2. The van der Waals surface area contributed by atoms with Crippen LogP contribution in [0.3, 0.4) is 0 Å². The van der Waals surface area contributed by atoms with Crippen LogP contribution in [0.5, 0.6) is 0 Å². The van der Waals surface area contributed by atoms with Crippen molar-refractivity contribution in [3.63, 3.8) is 0 Å². The van der Waals surface area contributed by atoms with Gasteiger partial charge in [-0.25, -0.2) is 0 Å². The third kappa shape index (κ3) is 3.60. The molecular weight excluding hydrogens is 254 g/mol. The number of amides is 1. The Morgan fingerprint density at radius 1 is 1.50 bits per heavy atom. The molecule has 112 valence electrons. The van der Waals surface area contributed by atoms with Gasteiger partial charge in [0.25, 0.3) is 0 Å². The van der Waals surface area contributed by atoms with E-state index in [1.165, 1.54) is 0 Å². The van der Waals surface area contributed by atoms with Crippen LogP contribution in [-0.4, -0.2) is 33.4 Å². The van der Waals surface area contributed by atoms with Crippen LogP contribution in [0.1, 0.15) is 43.4 Å². The van der Waals surface area contributed by atoms with Crippen molar-refractivity contribution in [2.45, 2.75) is 51.5 Å². The van der Waals surface area contributed by atoms with Gasteiger partial charge in [0.1, 0.15) is 0 Å². The van der Waals surface area contributed by atoms with E-state index in [0.29, 0.717) is 6.42 Å². The molecule has 5 heteroatoms. The predicted octanol–water partition coefficient (Wildman–Crippen LogP) is 1.33. The minimum atomic E-state index is 0.0820. The number of carbonyl (C=O) groups is 1. The van der Waals surface area contributed by atoms with Crippen LogP contribution in [0.15, 0.2) is 6.20 Å². The number of hydrogen-bond acceptors (Lipinski definition) is 3. The van der Waals surface area contributed by atoms with Crippen LogP contribution >= 0.6 is 0 Å². The molecule has 2 rings (SSSR count). The Morgan fingerprint density at radius 3 is 2.90 bits per heavy atom. The van der Waals surface area contributed by atoms with E-state index in [2.05, 4.69) is 10.4 Å². The molecule has 2 N–H and O–H groups in total. The Bertz CT molecular complexity index is 456. The van der Waals surface area contributed by atoms with Gasteiger partial charge in [-0.15, -0.1) is 0 Å². The van der Waals surface area contributed by atoms with Gasteiger partial charge >= 0.3 is 0 Å². The molecule has 0 aromatic carbocycles. The lowest BCUT2D eigenvalue weighted by Crippen LogP contribution is -2.43. The molecule has 0 saturated heterocycles. The normalized spacial score (nSPS) is 22.8. The number of nitrogens with zero attached hydrogens (tertiary/aromatic N) is 2. The van der Waals surface area contributed by atoms with Crippen LogP contribution in [-0.2, 0) is 18.3 Å². The first kappa shape index (κ1) is 15.0. The van der Waals surface area contributed by atoms with Crippen molar-refractivity contribution in [1.82, 2.24) is 15.1 Å². The molecule has 1 amide bonds. The maximum Gasteiger partial charge on any atom is 0.220 e. The van der Waals surface area contributed by atoms with Gasteiger partial charge in [-0.05, 0) is 31.7 Å². The quantitative estimate of drug-likeness (QED) is 0.854. The van der Waals surface area contributed by atoms with E-state index in [4.69, 9.17) is 0 Å². The maximum absolute atomic E-state index is 12.0. The number of rotatable bonds is 5. The first-order valence-electron chi connectivity index (χ1n) is 7.49. The summed E-state index contributed by atoms with van der Waals surface area (Å²) < 4.78 is 1.83. The summed E-state index contributed by atoms with van der Waals surface area (Å²) in [5.74, 6) is 0.312. The molecule has 20 heavy (non-hydrogen) atoms. The molecule has 2 atom stereocenters. The summed E-state index contributed by atoms with van der Waals surface area (Å²) in [6.07, 6.45) is 7.35. The number of hydrogen-bond donors (Lipinski definition) is 2. The molecule has 1 fully saturated rings. The largest absolute Gasteiger partial charge is 0.396 e. The molecule has 1 saturated carbocycles. The number of nitrogens with one attached hydrogen (secondary N) is 1. The molecule has 1 aliphatic carbocycles. The van der Waals surface area contributed by atoms with Crippen LogP contribution < -0.4 is 5.32 Å². The Kier molecular flexibility index (Phi) is 5.17. The third-order valence-corrected chi connectivity index (χ3v) is 4.45. The molecule has 1 heterocycles. The Morgan fingerprint density at radius 2 is 2.25 bits per heavy atom. The van der Waals surface area contributed by atoms with Crippen LogP contribution in [0.4, 0.5) is 0 Å². The predicted molar refractivity (Wildman–Crippen MR) is 77.2 cm³/mol. The van der Waals surface area contributed by atoms with Crippen LogP contribution in [0.25, 0.3) is 0 Å². The fourth-order valence-corrected chi connectivity index (χ4v) is 2.93. The van der Waals surface area contributed by atoms with Crippen molar-refractivity contribution >= 4 is 5.91 Å². The van der Waals surface area contributed by atoms with E-state index < -0.39 is 0 Å². The Labute approximate surface area is 120 Å². The lowest BCUT2D eigenvalue weighted by molar-refractivity contribution is -0.122. The summed E-state index contributed by atoms with van der Waals surface area (Å²) in [7, 11) is 1.91. The van der Waals surface area contributed by atoms with E-state index >= 15 is 0 Å². The summed E-state index contributed by atoms with van der Waals surface area (Å²) in [6, 6.07) is 0.149. The van der Waals surface area contributed by atoms with Crippen molar-refractivity contribution in [1.29, 1.82) is 0 Å². The van der Waals surface area contributed by atoms with Gasteiger partial charge in [0.05, 0.1) is 6.20 Å². The van der Waals surface area contributed by atoms with E-state index in [1.807, 2.05) is 24.9 Å². The second-order valence-electron chi connectivity index (χ2n) is 5.78. The highest BCUT2D eigenvalue weighted by molar-refractivity contribution is 5.76. The molecule has 2 unspecified atom stereocenters. The molecule has 1 aliphatic rings. The van der Waals surface area contributed by atoms with Gasteiger partial charge in [-0.3, -0.25) is 9.48 Å². The zero-order valence-corrected chi connectivity index (χ0v) is 12.4. The SMILES string of the molecule is Cc1c(CCC(=O)NC2CCCCC2CO)cnn1C. The number of aryl methyl sites for hydroxylation is 2. The van der Waals surface area contributed by atoms with Crippen molar-refractivity contribution in [2.24, 2.45) is 13.0 Å². The van der Waals surface area contributed by atoms with Gasteiger partial charge in [0.2, 0.25) is 5.91 Å². The van der Waals surface area contributed by atoms with Gasteiger partial charge in [-0.2, -0.15) is 5.10 Å². The van der Waals surface area contributed by atoms with Crippen LogP contribution in [0, 0.1) is 12.8 Å². The summed E-state index contributed by atoms with van der Waals surface area (Å²) in [5.41, 5.74) is 2.24. The summed E-state index contributed by atoms with van der Waals surface area (Å²) >= 11 is 0. The maximum atomic E-state index is 12.0. The molecule has 1 aromatic rings. The summed E-state index contributed by atoms with van der Waals surface area (Å²) in [5, 5.41) is 16.6. The lowest BCUT2D eigenvalue weighted by Gasteiger charge is -2.30. The Balaban J connectivity index is 1.81. The number of aliphatic hydroxyl groups is 1. The zero-order chi connectivity index (χ0) is 14.5. The molecule has 0 spiro atoms. The minimum absolute atomic E-state index is 0.0820. The van der Waals surface area contributed by atoms with Gasteiger partial charge in [-0.1, -0.05) is 12.8 Å². The van der Waals surface area contributed by atoms with Crippen molar-refractivity contribution in [2.75, 3.05) is 6.61 Å². The lowest BCUT2D eigenvalue weighted by atomic mass is 9.85. The standard InChI is InChI=1S/C15H25N3O2/c1-11-12(9-16-18(11)2)7-8-15(20)17-14-6-4-3-5-13(14)10-19/h9,13-14,19H,3-8,10H2,1-2H3,(H,17,20). The molecule has 1 aromatic heterocycles. The average Bonchev–Trinajstić information content (AvgIpc) is 2.77. The van der Waals surface area contributed by atoms with Crippen molar-refractivity contribution < 1.29 is 9.90 Å². The monoisotopic (exact) mass is 279 g/mol.